The Kier molecular flexibility index (Phi) is 6.78. The van der Waals surface area contributed by atoms with Gasteiger partial charge in [-0.15, -0.1) is 0 Å². The van der Waals surface area contributed by atoms with Crippen LogP contribution >= 0.6 is 0 Å². The molecule has 2 amide bonds. The van der Waals surface area contributed by atoms with Gasteiger partial charge in [-0.25, -0.2) is 5.48 Å². The number of amides is 2. The fourth-order valence-corrected chi connectivity index (χ4v) is 4.41. The highest BCUT2D eigenvalue weighted by Gasteiger charge is 2.60. The summed E-state index contributed by atoms with van der Waals surface area (Å²) in [7, 11) is 0. The van der Waals surface area contributed by atoms with E-state index in [-0.39, 0.29) is 42.6 Å². The molecule has 4 rings (SSSR count). The van der Waals surface area contributed by atoms with E-state index in [0.717, 1.165) is 0 Å². The molecule has 6 nitrogen and oxygen atoms in total. The first kappa shape index (κ1) is 27.5. The maximum absolute atomic E-state index is 14.4. The third-order valence-corrected chi connectivity index (χ3v) is 6.49. The number of carbonyl (C=O) groups excluding carboxylic acids is 2. The molecule has 2 atom stereocenters. The average Bonchev–Trinajstić information content (AvgIpc) is 3.45. The number of halogens is 9. The van der Waals surface area contributed by atoms with E-state index in [0.29, 0.717) is 0 Å². The smallest absolute Gasteiger partial charge is 0.370 e. The molecule has 2 unspecified atom stereocenters. The molecule has 206 valence electrons. The Bertz CT molecular complexity index is 1190. The van der Waals surface area contributed by atoms with E-state index in [9.17, 15) is 49.1 Å². The first-order valence-corrected chi connectivity index (χ1v) is 11.0. The molecule has 2 aliphatic heterocycles. The molecule has 0 bridgehead atoms. The van der Waals surface area contributed by atoms with E-state index in [2.05, 4.69) is 10.8 Å². The normalized spacial score (nSPS) is 22.5. The molecule has 0 radical (unpaired) electrons. The SMILES string of the molecule is O=C(NC1CONC1=O)c1ccc(N2CCC(c3cc(C(F)(F)F)cc(C(F)(F)F)c3)(C(F)(F)F)C2)cc1. The number of hydrogen-bond donors (Lipinski definition) is 2. The number of alkyl halides is 9. The Morgan fingerprint density at radius 3 is 2.00 bits per heavy atom. The van der Waals surface area contributed by atoms with Crippen LogP contribution < -0.4 is 15.7 Å². The van der Waals surface area contributed by atoms with E-state index >= 15 is 0 Å². The van der Waals surface area contributed by atoms with Gasteiger partial charge in [-0.2, -0.15) is 39.5 Å². The Morgan fingerprint density at radius 1 is 0.947 bits per heavy atom. The van der Waals surface area contributed by atoms with E-state index in [1.54, 1.807) is 0 Å². The summed E-state index contributed by atoms with van der Waals surface area (Å²) in [6.45, 7) is -1.38. The van der Waals surface area contributed by atoms with Crippen molar-refractivity contribution in [2.75, 3.05) is 24.6 Å². The van der Waals surface area contributed by atoms with E-state index < -0.39 is 71.5 Å². The summed E-state index contributed by atoms with van der Waals surface area (Å²) < 4.78 is 123. The van der Waals surface area contributed by atoms with Crippen LogP contribution in [0.3, 0.4) is 0 Å². The zero-order chi connectivity index (χ0) is 28.1. The lowest BCUT2D eigenvalue weighted by Gasteiger charge is -2.33. The van der Waals surface area contributed by atoms with Crippen molar-refractivity contribution >= 4 is 17.5 Å². The molecule has 0 aromatic heterocycles. The van der Waals surface area contributed by atoms with E-state index in [1.807, 2.05) is 0 Å². The molecule has 2 aliphatic rings. The lowest BCUT2D eigenvalue weighted by Crippen LogP contribution is -2.45. The first-order chi connectivity index (χ1) is 17.5. The van der Waals surface area contributed by atoms with Crippen molar-refractivity contribution in [2.45, 2.75) is 36.4 Å². The van der Waals surface area contributed by atoms with E-state index in [1.165, 1.54) is 29.2 Å². The quantitative estimate of drug-likeness (QED) is 0.542. The molecule has 2 N–H and O–H groups in total. The van der Waals surface area contributed by atoms with Gasteiger partial charge in [0.25, 0.3) is 11.8 Å². The van der Waals surface area contributed by atoms with Crippen molar-refractivity contribution in [3.8, 4) is 0 Å². The molecular weight excluding hydrogens is 537 g/mol. The Morgan fingerprint density at radius 2 is 1.53 bits per heavy atom. The van der Waals surface area contributed by atoms with Gasteiger partial charge in [0.1, 0.15) is 18.1 Å². The number of nitrogens with one attached hydrogen (secondary N) is 2. The van der Waals surface area contributed by atoms with Crippen molar-refractivity contribution in [3.63, 3.8) is 0 Å². The molecule has 2 heterocycles. The van der Waals surface area contributed by atoms with E-state index in [4.69, 9.17) is 4.84 Å². The van der Waals surface area contributed by atoms with Gasteiger partial charge in [0.15, 0.2) is 0 Å². The lowest BCUT2D eigenvalue weighted by molar-refractivity contribution is -0.185. The summed E-state index contributed by atoms with van der Waals surface area (Å²) in [5.41, 5.74) is -5.54. The molecule has 38 heavy (non-hydrogen) atoms. The summed E-state index contributed by atoms with van der Waals surface area (Å²) in [6, 6.07) is 4.17. The number of nitrogens with zero attached hydrogens (tertiary/aromatic N) is 1. The highest BCUT2D eigenvalue weighted by atomic mass is 19.4. The Labute approximate surface area is 208 Å². The van der Waals surface area contributed by atoms with Gasteiger partial charge in [-0.3, -0.25) is 14.4 Å². The van der Waals surface area contributed by atoms with Crippen LogP contribution in [-0.4, -0.2) is 43.7 Å². The van der Waals surface area contributed by atoms with Crippen LogP contribution in [0.2, 0.25) is 0 Å². The van der Waals surface area contributed by atoms with Crippen molar-refractivity contribution < 1.29 is 53.9 Å². The van der Waals surface area contributed by atoms with Gasteiger partial charge in [0, 0.05) is 24.3 Å². The van der Waals surface area contributed by atoms with Gasteiger partial charge in [0.2, 0.25) is 0 Å². The van der Waals surface area contributed by atoms with Crippen LogP contribution in [0.4, 0.5) is 45.2 Å². The Balaban J connectivity index is 1.63. The lowest BCUT2D eigenvalue weighted by atomic mass is 9.77. The first-order valence-electron chi connectivity index (χ1n) is 11.0. The maximum atomic E-state index is 14.4. The van der Waals surface area contributed by atoms with Crippen LogP contribution in [0, 0.1) is 0 Å². The van der Waals surface area contributed by atoms with Crippen LogP contribution in [-0.2, 0) is 27.4 Å². The third kappa shape index (κ3) is 5.24. The standard InChI is InChI=1S/C23H18F9N3O3/c24-21(25,26)14-7-13(8-15(9-14)22(27,28)29)20(23(30,31)32)5-6-35(11-20)16-3-1-12(2-4-16)18(36)33-17-10-38-34-19(17)37/h1-4,7-9,17H,5-6,10-11H2,(H,33,36)(H,34,37). The van der Waals surface area contributed by atoms with Gasteiger partial charge < -0.3 is 10.2 Å². The number of benzene rings is 2. The fourth-order valence-electron chi connectivity index (χ4n) is 4.41. The molecule has 2 fully saturated rings. The van der Waals surface area contributed by atoms with Gasteiger partial charge in [-0.05, 0) is 54.4 Å². The minimum Gasteiger partial charge on any atom is -0.370 e. The topological polar surface area (TPSA) is 70.7 Å². The molecule has 15 heteroatoms. The molecule has 0 aliphatic carbocycles. The molecule has 2 aromatic rings. The summed E-state index contributed by atoms with van der Waals surface area (Å²) in [6.07, 6.45) is -16.6. The second kappa shape index (κ2) is 9.36. The fraction of sp³-hybridized carbons (Fsp3) is 0.391. The molecular formula is C23H18F9N3O3. The van der Waals surface area contributed by atoms with Crippen molar-refractivity contribution in [3.05, 3.63) is 64.7 Å². The zero-order valence-electron chi connectivity index (χ0n) is 19.0. The predicted molar refractivity (Wildman–Crippen MR) is 113 cm³/mol. The Hall–Kier alpha value is -3.49. The summed E-state index contributed by atoms with van der Waals surface area (Å²) in [4.78, 5) is 29.7. The third-order valence-electron chi connectivity index (χ3n) is 6.49. The molecule has 2 saturated heterocycles. The summed E-state index contributed by atoms with van der Waals surface area (Å²) >= 11 is 0. The number of hydroxylamine groups is 1. The van der Waals surface area contributed by atoms with Crippen molar-refractivity contribution in [1.82, 2.24) is 10.8 Å². The second-order valence-electron chi connectivity index (χ2n) is 8.90. The van der Waals surface area contributed by atoms with Crippen LogP contribution in [0.5, 0.6) is 0 Å². The maximum Gasteiger partial charge on any atom is 0.416 e. The molecule has 0 saturated carbocycles. The van der Waals surface area contributed by atoms with Gasteiger partial charge >= 0.3 is 18.5 Å². The van der Waals surface area contributed by atoms with Crippen LogP contribution in [0.25, 0.3) is 0 Å². The molecule has 0 spiro atoms. The number of rotatable bonds is 4. The van der Waals surface area contributed by atoms with Gasteiger partial charge in [0.05, 0.1) is 11.1 Å². The molecule has 2 aromatic carbocycles. The highest BCUT2D eigenvalue weighted by molar-refractivity contribution is 5.98. The number of anilines is 1. The largest absolute Gasteiger partial charge is 0.416 e. The predicted octanol–water partition coefficient (Wildman–Crippen LogP) is 4.59. The second-order valence-corrected chi connectivity index (χ2v) is 8.90. The minimum atomic E-state index is -5.30. The van der Waals surface area contributed by atoms with Crippen molar-refractivity contribution in [2.24, 2.45) is 0 Å². The van der Waals surface area contributed by atoms with Crippen molar-refractivity contribution in [1.29, 1.82) is 0 Å². The zero-order valence-corrected chi connectivity index (χ0v) is 19.0. The summed E-state index contributed by atoms with van der Waals surface area (Å²) in [5.74, 6) is -1.24. The number of carbonyl (C=O) groups is 2. The average molecular weight is 555 g/mol. The highest BCUT2D eigenvalue weighted by Crippen LogP contribution is 2.50. The number of hydrogen-bond acceptors (Lipinski definition) is 4. The van der Waals surface area contributed by atoms with Crippen LogP contribution in [0.1, 0.15) is 33.5 Å². The van der Waals surface area contributed by atoms with Crippen LogP contribution in [0.15, 0.2) is 42.5 Å². The van der Waals surface area contributed by atoms with Gasteiger partial charge in [-0.1, -0.05) is 0 Å². The monoisotopic (exact) mass is 555 g/mol. The minimum absolute atomic E-state index is 0.0578. The summed E-state index contributed by atoms with van der Waals surface area (Å²) in [5, 5.41) is 2.40.